The summed E-state index contributed by atoms with van der Waals surface area (Å²) in [5.41, 5.74) is 1.54. The summed E-state index contributed by atoms with van der Waals surface area (Å²) in [6.45, 7) is 1.93. The molecule has 0 unspecified atom stereocenters. The number of allylic oxidation sites excluding steroid dienone is 1. The van der Waals surface area contributed by atoms with E-state index in [0.717, 1.165) is 5.56 Å². The molecular weight excluding hydrogens is 226 g/mol. The van der Waals surface area contributed by atoms with Gasteiger partial charge >= 0.3 is 0 Å². The van der Waals surface area contributed by atoms with Crippen molar-refractivity contribution in [2.75, 3.05) is 6.26 Å². The summed E-state index contributed by atoms with van der Waals surface area (Å²) in [5.74, 6) is 0. The lowest BCUT2D eigenvalue weighted by Gasteiger charge is -2.03. The Morgan fingerprint density at radius 3 is 2.40 bits per heavy atom. The van der Waals surface area contributed by atoms with Crippen molar-refractivity contribution in [1.29, 1.82) is 5.26 Å². The molecule has 78 valence electrons. The smallest absolute Gasteiger partial charge is 0.0962 e. The van der Waals surface area contributed by atoms with Crippen LogP contribution in [0.15, 0.2) is 34.7 Å². The third-order valence-corrected chi connectivity index (χ3v) is 3.29. The molecule has 0 atom stereocenters. The van der Waals surface area contributed by atoms with Gasteiger partial charge in [-0.1, -0.05) is 30.7 Å². The standard InChI is InChI=1S/C12H12ClNS/c1-3-9(8-14)12(13)10-4-6-11(15-2)7-5-10/h4-7H,3H2,1-2H3/b12-9-. The van der Waals surface area contributed by atoms with Gasteiger partial charge in [-0.2, -0.15) is 5.26 Å². The summed E-state index contributed by atoms with van der Waals surface area (Å²) in [4.78, 5) is 1.19. The molecule has 0 aromatic heterocycles. The lowest BCUT2D eigenvalue weighted by atomic mass is 10.1. The van der Waals surface area contributed by atoms with E-state index in [0.29, 0.717) is 17.0 Å². The molecule has 0 aliphatic heterocycles. The van der Waals surface area contributed by atoms with Gasteiger partial charge in [-0.15, -0.1) is 11.8 Å². The molecule has 0 fully saturated rings. The molecule has 1 nitrogen and oxygen atoms in total. The van der Waals surface area contributed by atoms with Gasteiger partial charge in [0, 0.05) is 10.5 Å². The first kappa shape index (κ1) is 12.2. The van der Waals surface area contributed by atoms with Crippen LogP contribution in [0.1, 0.15) is 18.9 Å². The Balaban J connectivity index is 3.07. The number of hydrogen-bond donors (Lipinski definition) is 0. The molecular formula is C12H12ClNS. The molecule has 0 aliphatic rings. The molecule has 0 N–H and O–H groups in total. The van der Waals surface area contributed by atoms with Gasteiger partial charge in [0.2, 0.25) is 0 Å². The van der Waals surface area contributed by atoms with Gasteiger partial charge in [-0.05, 0) is 30.4 Å². The van der Waals surface area contributed by atoms with Crippen molar-refractivity contribution in [2.45, 2.75) is 18.2 Å². The number of halogens is 1. The van der Waals surface area contributed by atoms with Crippen molar-refractivity contribution < 1.29 is 0 Å². The first-order valence-corrected chi connectivity index (χ1v) is 6.26. The van der Waals surface area contributed by atoms with Crippen LogP contribution in [0, 0.1) is 11.3 Å². The fourth-order valence-corrected chi connectivity index (χ4v) is 1.91. The molecule has 0 amide bonds. The summed E-state index contributed by atoms with van der Waals surface area (Å²) in [6.07, 6.45) is 2.69. The Morgan fingerprint density at radius 1 is 1.40 bits per heavy atom. The quantitative estimate of drug-likeness (QED) is 0.578. The Morgan fingerprint density at radius 2 is 2.00 bits per heavy atom. The van der Waals surface area contributed by atoms with Crippen molar-refractivity contribution in [3.8, 4) is 6.07 Å². The lowest BCUT2D eigenvalue weighted by Crippen LogP contribution is -1.83. The molecule has 0 saturated heterocycles. The molecule has 1 aromatic carbocycles. The van der Waals surface area contributed by atoms with Gasteiger partial charge < -0.3 is 0 Å². The summed E-state index contributed by atoms with van der Waals surface area (Å²) in [5, 5.41) is 9.42. The average Bonchev–Trinajstić information content (AvgIpc) is 2.30. The van der Waals surface area contributed by atoms with E-state index in [1.807, 2.05) is 37.4 Å². The van der Waals surface area contributed by atoms with E-state index >= 15 is 0 Å². The van der Waals surface area contributed by atoms with Crippen LogP contribution in [0.3, 0.4) is 0 Å². The topological polar surface area (TPSA) is 23.8 Å². The minimum atomic E-state index is 0.563. The number of benzene rings is 1. The van der Waals surface area contributed by atoms with Gasteiger partial charge in [-0.3, -0.25) is 0 Å². The fraction of sp³-hybridized carbons (Fsp3) is 0.250. The normalized spacial score (nSPS) is 11.9. The van der Waals surface area contributed by atoms with Crippen LogP contribution in [0.25, 0.3) is 5.03 Å². The Labute approximate surface area is 99.8 Å². The second-order valence-electron chi connectivity index (χ2n) is 2.99. The van der Waals surface area contributed by atoms with Gasteiger partial charge in [0.15, 0.2) is 0 Å². The molecule has 0 radical (unpaired) electrons. The van der Waals surface area contributed by atoms with Gasteiger partial charge in [-0.25, -0.2) is 0 Å². The van der Waals surface area contributed by atoms with E-state index in [-0.39, 0.29) is 0 Å². The number of nitrogens with zero attached hydrogens (tertiary/aromatic N) is 1. The number of nitriles is 1. The molecule has 0 aliphatic carbocycles. The monoisotopic (exact) mass is 237 g/mol. The van der Waals surface area contributed by atoms with Gasteiger partial charge in [0.05, 0.1) is 11.1 Å². The Kier molecular flexibility index (Phi) is 4.74. The van der Waals surface area contributed by atoms with Crippen LogP contribution in [0.4, 0.5) is 0 Å². The SMILES string of the molecule is CC/C(C#N)=C(/Cl)c1ccc(SC)cc1. The third-order valence-electron chi connectivity index (χ3n) is 2.10. The molecule has 0 spiro atoms. The van der Waals surface area contributed by atoms with Gasteiger partial charge in [0.25, 0.3) is 0 Å². The zero-order valence-corrected chi connectivity index (χ0v) is 10.3. The second kappa shape index (κ2) is 5.85. The number of hydrogen-bond acceptors (Lipinski definition) is 2. The molecule has 15 heavy (non-hydrogen) atoms. The van der Waals surface area contributed by atoms with Crippen LogP contribution in [-0.4, -0.2) is 6.26 Å². The molecule has 0 heterocycles. The highest BCUT2D eigenvalue weighted by atomic mass is 35.5. The maximum atomic E-state index is 8.86. The van der Waals surface area contributed by atoms with Crippen LogP contribution in [-0.2, 0) is 0 Å². The first-order chi connectivity index (χ1) is 7.22. The minimum absolute atomic E-state index is 0.563. The first-order valence-electron chi connectivity index (χ1n) is 4.66. The van der Waals surface area contributed by atoms with E-state index in [2.05, 4.69) is 6.07 Å². The molecule has 1 aromatic rings. The van der Waals surface area contributed by atoms with Crippen LogP contribution >= 0.6 is 23.4 Å². The summed E-state index contributed by atoms with van der Waals surface area (Å²) in [6, 6.07) is 10.0. The van der Waals surface area contributed by atoms with E-state index in [4.69, 9.17) is 16.9 Å². The zero-order chi connectivity index (χ0) is 11.3. The molecule has 1 rings (SSSR count). The van der Waals surface area contributed by atoms with E-state index in [9.17, 15) is 0 Å². The van der Waals surface area contributed by atoms with Crippen molar-refractivity contribution in [1.82, 2.24) is 0 Å². The van der Waals surface area contributed by atoms with E-state index < -0.39 is 0 Å². The predicted octanol–water partition coefficient (Wildman–Crippen LogP) is 4.29. The summed E-state index contributed by atoms with van der Waals surface area (Å²) >= 11 is 7.80. The van der Waals surface area contributed by atoms with Crippen molar-refractivity contribution >= 4 is 28.4 Å². The zero-order valence-electron chi connectivity index (χ0n) is 8.75. The molecule has 0 saturated carbocycles. The maximum absolute atomic E-state index is 8.86. The predicted molar refractivity (Wildman–Crippen MR) is 66.9 cm³/mol. The van der Waals surface area contributed by atoms with E-state index in [1.54, 1.807) is 11.8 Å². The van der Waals surface area contributed by atoms with Crippen molar-refractivity contribution in [3.63, 3.8) is 0 Å². The average molecular weight is 238 g/mol. The second-order valence-corrected chi connectivity index (χ2v) is 4.24. The van der Waals surface area contributed by atoms with E-state index in [1.165, 1.54) is 4.90 Å². The van der Waals surface area contributed by atoms with Crippen molar-refractivity contribution in [3.05, 3.63) is 35.4 Å². The van der Waals surface area contributed by atoms with Gasteiger partial charge in [0.1, 0.15) is 0 Å². The van der Waals surface area contributed by atoms with Crippen molar-refractivity contribution in [2.24, 2.45) is 0 Å². The highest BCUT2D eigenvalue weighted by Gasteiger charge is 2.04. The highest BCUT2D eigenvalue weighted by molar-refractivity contribution is 7.98. The Hall–Kier alpha value is -0.910. The lowest BCUT2D eigenvalue weighted by molar-refractivity contribution is 1.16. The highest BCUT2D eigenvalue weighted by Crippen LogP contribution is 2.26. The Bertz CT molecular complexity index is 401. The largest absolute Gasteiger partial charge is 0.193 e. The van der Waals surface area contributed by atoms with Crippen LogP contribution < -0.4 is 0 Å². The fourth-order valence-electron chi connectivity index (χ4n) is 1.19. The number of rotatable bonds is 3. The number of thioether (sulfide) groups is 1. The summed E-state index contributed by atoms with van der Waals surface area (Å²) < 4.78 is 0. The third kappa shape index (κ3) is 3.02. The molecule has 3 heteroatoms. The molecule has 0 bridgehead atoms. The maximum Gasteiger partial charge on any atom is 0.0962 e. The summed E-state index contributed by atoms with van der Waals surface area (Å²) in [7, 11) is 0. The van der Waals surface area contributed by atoms with Crippen LogP contribution in [0.2, 0.25) is 0 Å². The van der Waals surface area contributed by atoms with Crippen LogP contribution in [0.5, 0.6) is 0 Å². The minimum Gasteiger partial charge on any atom is -0.193 e.